The Morgan fingerprint density at radius 3 is 1.79 bits per heavy atom. The molecule has 7 heteroatoms. The van der Waals surface area contributed by atoms with Gasteiger partial charge in [-0.2, -0.15) is 0 Å². The number of hydrogen-bond donors (Lipinski definition) is 1. The predicted molar refractivity (Wildman–Crippen MR) is 115 cm³/mol. The summed E-state index contributed by atoms with van der Waals surface area (Å²) < 4.78 is 17.4. The lowest BCUT2D eigenvalue weighted by Crippen LogP contribution is -2.46. The van der Waals surface area contributed by atoms with Crippen LogP contribution in [-0.4, -0.2) is 46.9 Å². The van der Waals surface area contributed by atoms with Gasteiger partial charge in [0.15, 0.2) is 0 Å². The Balaban J connectivity index is 3.90. The van der Waals surface area contributed by atoms with Crippen LogP contribution in [0.25, 0.3) is 0 Å². The summed E-state index contributed by atoms with van der Waals surface area (Å²) in [5.74, 6) is 0.359. The highest BCUT2D eigenvalue weighted by molar-refractivity contribution is 6.61. The lowest BCUT2D eigenvalue weighted by molar-refractivity contribution is -0.128. The van der Waals surface area contributed by atoms with Crippen molar-refractivity contribution in [1.82, 2.24) is 5.32 Å². The van der Waals surface area contributed by atoms with Gasteiger partial charge in [0.1, 0.15) is 5.78 Å². The summed E-state index contributed by atoms with van der Waals surface area (Å²) in [6.07, 6.45) is 6.19. The van der Waals surface area contributed by atoms with Crippen molar-refractivity contribution in [3.8, 4) is 0 Å². The normalized spacial score (nSPS) is 12.2. The molecule has 0 aliphatic carbocycles. The first-order valence-electron chi connectivity index (χ1n) is 10.9. The molecule has 0 fully saturated rings. The number of unbranched alkanes of at least 4 members (excludes halogenated alkanes) is 4. The van der Waals surface area contributed by atoms with Crippen molar-refractivity contribution < 1.29 is 22.9 Å². The maximum Gasteiger partial charge on any atom is 0.501 e. The molecule has 0 aromatic rings. The second-order valence-electron chi connectivity index (χ2n) is 8.04. The molecule has 0 aromatic carbocycles. The van der Waals surface area contributed by atoms with Crippen LogP contribution in [0.5, 0.6) is 0 Å². The van der Waals surface area contributed by atoms with Crippen molar-refractivity contribution >= 4 is 20.5 Å². The molecular formula is C21H43NO5Si. The van der Waals surface area contributed by atoms with Gasteiger partial charge in [0, 0.05) is 50.7 Å². The fraction of sp³-hybridized carbons (Fsp3) is 0.905. The number of carbonyl (C=O) groups excluding carboxylic acids is 2. The molecule has 0 aliphatic rings. The zero-order valence-corrected chi connectivity index (χ0v) is 20.0. The van der Waals surface area contributed by atoms with Crippen molar-refractivity contribution in [2.75, 3.05) is 26.4 Å². The standard InChI is InChI=1S/C21H43NO5Si/c1-7-25-28(26-8-2,27-9-3)18-16-19(23)15-13-11-10-12-14-17-22-20(24)21(4,5)6/h7-18H2,1-6H3,(H,22,24). The van der Waals surface area contributed by atoms with Crippen LogP contribution in [0.2, 0.25) is 6.04 Å². The monoisotopic (exact) mass is 417 g/mol. The van der Waals surface area contributed by atoms with Gasteiger partial charge in [-0.1, -0.05) is 40.0 Å². The molecule has 28 heavy (non-hydrogen) atoms. The Hall–Kier alpha value is -0.763. The summed E-state index contributed by atoms with van der Waals surface area (Å²) in [4.78, 5) is 24.0. The van der Waals surface area contributed by atoms with Gasteiger partial charge < -0.3 is 18.6 Å². The van der Waals surface area contributed by atoms with E-state index in [0.29, 0.717) is 38.7 Å². The molecule has 6 nitrogen and oxygen atoms in total. The van der Waals surface area contributed by atoms with Gasteiger partial charge in [0.05, 0.1) is 0 Å². The van der Waals surface area contributed by atoms with Crippen LogP contribution in [-0.2, 0) is 22.9 Å². The zero-order valence-electron chi connectivity index (χ0n) is 19.0. The van der Waals surface area contributed by atoms with Crippen molar-refractivity contribution in [2.24, 2.45) is 5.41 Å². The number of Topliss-reactive ketones (excluding diaryl/α,β-unsaturated/α-hetero) is 1. The molecule has 166 valence electrons. The Labute approximate surface area is 173 Å². The minimum Gasteiger partial charge on any atom is -0.374 e. The van der Waals surface area contributed by atoms with E-state index in [4.69, 9.17) is 13.3 Å². The summed E-state index contributed by atoms with van der Waals surface area (Å²) in [6, 6.07) is 0.564. The van der Waals surface area contributed by atoms with Crippen molar-refractivity contribution in [3.63, 3.8) is 0 Å². The van der Waals surface area contributed by atoms with E-state index in [1.807, 2.05) is 41.5 Å². The fourth-order valence-electron chi connectivity index (χ4n) is 2.86. The average molecular weight is 418 g/mol. The molecule has 1 amide bonds. The third kappa shape index (κ3) is 12.6. The largest absolute Gasteiger partial charge is 0.501 e. The van der Waals surface area contributed by atoms with Crippen molar-refractivity contribution in [3.05, 3.63) is 0 Å². The molecule has 0 aliphatic heterocycles. The lowest BCUT2D eigenvalue weighted by Gasteiger charge is -2.28. The third-order valence-electron chi connectivity index (χ3n) is 4.40. The van der Waals surface area contributed by atoms with E-state index >= 15 is 0 Å². The topological polar surface area (TPSA) is 73.9 Å². The smallest absolute Gasteiger partial charge is 0.374 e. The fourth-order valence-corrected chi connectivity index (χ4v) is 5.45. The van der Waals surface area contributed by atoms with Crippen LogP contribution >= 0.6 is 0 Å². The highest BCUT2D eigenvalue weighted by Crippen LogP contribution is 2.19. The molecule has 0 atom stereocenters. The Morgan fingerprint density at radius 1 is 0.786 bits per heavy atom. The molecule has 0 saturated carbocycles. The van der Waals surface area contributed by atoms with E-state index in [1.54, 1.807) is 0 Å². The van der Waals surface area contributed by atoms with E-state index in [2.05, 4.69) is 5.32 Å². The second-order valence-corrected chi connectivity index (χ2v) is 10.8. The number of ketones is 1. The summed E-state index contributed by atoms with van der Waals surface area (Å²) in [7, 11) is -2.71. The van der Waals surface area contributed by atoms with Gasteiger partial charge in [-0.15, -0.1) is 0 Å². The molecule has 0 saturated heterocycles. The van der Waals surface area contributed by atoms with Crippen LogP contribution in [0.4, 0.5) is 0 Å². The highest BCUT2D eigenvalue weighted by atomic mass is 28.4. The maximum atomic E-state index is 12.2. The predicted octanol–water partition coefficient (Wildman–Crippen LogP) is 4.50. The Morgan fingerprint density at radius 2 is 1.29 bits per heavy atom. The van der Waals surface area contributed by atoms with E-state index in [9.17, 15) is 9.59 Å². The van der Waals surface area contributed by atoms with Gasteiger partial charge in [-0.3, -0.25) is 9.59 Å². The second kappa shape index (κ2) is 15.1. The van der Waals surface area contributed by atoms with Crippen LogP contribution in [0.15, 0.2) is 0 Å². The first-order chi connectivity index (χ1) is 13.2. The average Bonchev–Trinajstić information content (AvgIpc) is 2.62. The van der Waals surface area contributed by atoms with Crippen LogP contribution in [0, 0.1) is 5.41 Å². The molecule has 0 spiro atoms. The van der Waals surface area contributed by atoms with Crippen molar-refractivity contribution in [1.29, 1.82) is 0 Å². The minimum atomic E-state index is -2.71. The zero-order chi connectivity index (χ0) is 21.5. The molecule has 0 heterocycles. The maximum absolute atomic E-state index is 12.2. The Kier molecular flexibility index (Phi) is 14.7. The van der Waals surface area contributed by atoms with Gasteiger partial charge in [0.25, 0.3) is 0 Å². The molecule has 0 radical (unpaired) electrons. The van der Waals surface area contributed by atoms with E-state index < -0.39 is 8.80 Å². The molecule has 0 bridgehead atoms. The highest BCUT2D eigenvalue weighted by Gasteiger charge is 2.40. The summed E-state index contributed by atoms with van der Waals surface area (Å²) in [6.45, 7) is 13.9. The van der Waals surface area contributed by atoms with E-state index in [0.717, 1.165) is 38.6 Å². The molecule has 0 aromatic heterocycles. The van der Waals surface area contributed by atoms with Gasteiger partial charge in [0.2, 0.25) is 5.91 Å². The molecule has 1 N–H and O–H groups in total. The number of carbonyl (C=O) groups is 2. The van der Waals surface area contributed by atoms with Gasteiger partial charge in [-0.25, -0.2) is 0 Å². The van der Waals surface area contributed by atoms with Crippen LogP contribution in [0.1, 0.15) is 86.5 Å². The van der Waals surface area contributed by atoms with Crippen molar-refractivity contribution in [2.45, 2.75) is 92.5 Å². The summed E-state index contributed by atoms with van der Waals surface area (Å²) >= 11 is 0. The molecule has 0 rings (SSSR count). The Bertz CT molecular complexity index is 420. The summed E-state index contributed by atoms with van der Waals surface area (Å²) in [5, 5.41) is 2.97. The first kappa shape index (κ1) is 27.2. The lowest BCUT2D eigenvalue weighted by atomic mass is 9.96. The van der Waals surface area contributed by atoms with E-state index in [-0.39, 0.29) is 17.1 Å². The van der Waals surface area contributed by atoms with Crippen LogP contribution < -0.4 is 5.32 Å². The number of amides is 1. The van der Waals surface area contributed by atoms with Gasteiger partial charge >= 0.3 is 8.80 Å². The number of rotatable bonds is 17. The van der Waals surface area contributed by atoms with Crippen LogP contribution in [0.3, 0.4) is 0 Å². The first-order valence-corrected chi connectivity index (χ1v) is 12.9. The minimum absolute atomic E-state index is 0.101. The molecule has 0 unspecified atom stereocenters. The molecular weight excluding hydrogens is 374 g/mol. The number of nitrogens with one attached hydrogen (secondary N) is 1. The van der Waals surface area contributed by atoms with E-state index in [1.165, 1.54) is 0 Å². The number of hydrogen-bond acceptors (Lipinski definition) is 5. The SMILES string of the molecule is CCO[Si](CCC(=O)CCCCCCCNC(=O)C(C)(C)C)(OCC)OCC. The van der Waals surface area contributed by atoms with Gasteiger partial charge in [-0.05, 0) is 33.6 Å². The quantitative estimate of drug-likeness (QED) is 0.279. The summed E-state index contributed by atoms with van der Waals surface area (Å²) in [5.41, 5.74) is -0.326. The third-order valence-corrected chi connectivity index (χ3v) is 7.45.